The molecule has 2 heterocycles. The van der Waals surface area contributed by atoms with Crippen LogP contribution in [0.3, 0.4) is 0 Å². The largest absolute Gasteiger partial charge is 0.329 e. The van der Waals surface area contributed by atoms with Crippen molar-refractivity contribution >= 4 is 11.8 Å². The maximum Gasteiger partial charge on any atom is 0.246 e. The highest BCUT2D eigenvalue weighted by molar-refractivity contribution is 5.97. The average Bonchev–Trinajstić information content (AvgIpc) is 2.97. The first kappa shape index (κ1) is 11.1. The van der Waals surface area contributed by atoms with Crippen LogP contribution in [-0.4, -0.2) is 46.3 Å². The molecule has 4 nitrogen and oxygen atoms in total. The lowest BCUT2D eigenvalue weighted by atomic mass is 10.0. The fourth-order valence-corrected chi connectivity index (χ4v) is 3.69. The van der Waals surface area contributed by atoms with E-state index in [1.165, 1.54) is 12.8 Å². The Bertz CT molecular complexity index is 349. The summed E-state index contributed by atoms with van der Waals surface area (Å²) >= 11 is 0. The number of amides is 2. The molecular weight excluding hydrogens is 216 g/mol. The van der Waals surface area contributed by atoms with E-state index in [2.05, 4.69) is 0 Å². The monoisotopic (exact) mass is 236 g/mol. The third-order valence-electron chi connectivity index (χ3n) is 4.57. The molecule has 0 N–H and O–H groups in total. The van der Waals surface area contributed by atoms with E-state index in [0.717, 1.165) is 32.2 Å². The lowest BCUT2D eigenvalue weighted by Gasteiger charge is -2.43. The topological polar surface area (TPSA) is 40.6 Å². The van der Waals surface area contributed by atoms with Gasteiger partial charge in [0.25, 0.3) is 0 Å². The molecule has 0 spiro atoms. The van der Waals surface area contributed by atoms with E-state index in [1.54, 1.807) is 4.90 Å². The average molecular weight is 236 g/mol. The van der Waals surface area contributed by atoms with Crippen LogP contribution in [0.5, 0.6) is 0 Å². The molecule has 0 radical (unpaired) electrons. The lowest BCUT2D eigenvalue weighted by Crippen LogP contribution is -2.63. The summed E-state index contributed by atoms with van der Waals surface area (Å²) in [6, 6.07) is -0.0524. The molecule has 0 aromatic carbocycles. The smallest absolute Gasteiger partial charge is 0.246 e. The quantitative estimate of drug-likeness (QED) is 0.685. The Morgan fingerprint density at radius 1 is 1.00 bits per heavy atom. The van der Waals surface area contributed by atoms with Gasteiger partial charge in [0.05, 0.1) is 0 Å². The second kappa shape index (κ2) is 4.00. The molecule has 2 atom stereocenters. The van der Waals surface area contributed by atoms with Gasteiger partial charge in [0.1, 0.15) is 12.1 Å². The number of carbonyl (C=O) groups is 2. The predicted molar refractivity (Wildman–Crippen MR) is 63.3 cm³/mol. The van der Waals surface area contributed by atoms with Crippen molar-refractivity contribution in [2.24, 2.45) is 0 Å². The van der Waals surface area contributed by atoms with Crippen LogP contribution in [-0.2, 0) is 9.59 Å². The first-order valence-electron chi connectivity index (χ1n) is 6.83. The highest BCUT2D eigenvalue weighted by atomic mass is 16.2. The van der Waals surface area contributed by atoms with Crippen molar-refractivity contribution in [2.45, 2.75) is 63.6 Å². The predicted octanol–water partition coefficient (Wildman–Crippen LogP) is 1.15. The van der Waals surface area contributed by atoms with Crippen molar-refractivity contribution in [2.75, 3.05) is 6.54 Å². The highest BCUT2D eigenvalue weighted by Crippen LogP contribution is 2.32. The maximum absolute atomic E-state index is 12.5. The van der Waals surface area contributed by atoms with Gasteiger partial charge in [-0.05, 0) is 32.6 Å². The lowest BCUT2D eigenvalue weighted by molar-refractivity contribution is -0.161. The van der Waals surface area contributed by atoms with Crippen LogP contribution in [0, 0.1) is 0 Å². The molecule has 1 aliphatic carbocycles. The van der Waals surface area contributed by atoms with Gasteiger partial charge < -0.3 is 9.80 Å². The SMILES string of the molecule is CC1C(=O)N2CCCC2C(=O)N1C1CCCC1. The van der Waals surface area contributed by atoms with Gasteiger partial charge in [-0.25, -0.2) is 0 Å². The van der Waals surface area contributed by atoms with E-state index in [9.17, 15) is 9.59 Å². The van der Waals surface area contributed by atoms with E-state index in [4.69, 9.17) is 0 Å². The van der Waals surface area contributed by atoms with Gasteiger partial charge in [-0.15, -0.1) is 0 Å². The minimum atomic E-state index is -0.236. The Labute approximate surface area is 102 Å². The fourth-order valence-electron chi connectivity index (χ4n) is 3.69. The minimum absolute atomic E-state index is 0.140. The molecule has 3 fully saturated rings. The summed E-state index contributed by atoms with van der Waals surface area (Å²) in [5, 5.41) is 0. The number of piperazine rings is 1. The summed E-state index contributed by atoms with van der Waals surface area (Å²) < 4.78 is 0. The van der Waals surface area contributed by atoms with Crippen molar-refractivity contribution in [3.63, 3.8) is 0 Å². The Kier molecular flexibility index (Phi) is 2.60. The van der Waals surface area contributed by atoms with Gasteiger partial charge in [0.2, 0.25) is 11.8 Å². The number of hydrogen-bond donors (Lipinski definition) is 0. The van der Waals surface area contributed by atoms with Crippen LogP contribution in [0.25, 0.3) is 0 Å². The molecule has 4 heteroatoms. The van der Waals surface area contributed by atoms with Crippen LogP contribution in [0.4, 0.5) is 0 Å². The zero-order valence-corrected chi connectivity index (χ0v) is 10.4. The summed E-state index contributed by atoms with van der Waals surface area (Å²) in [6.45, 7) is 2.67. The summed E-state index contributed by atoms with van der Waals surface area (Å²) in [5.74, 6) is 0.375. The standard InChI is InChI=1S/C13H20N2O2/c1-9-12(16)14-8-4-7-11(14)13(17)15(9)10-5-2-3-6-10/h9-11H,2-8H2,1H3. The molecular formula is C13H20N2O2. The van der Waals surface area contributed by atoms with E-state index >= 15 is 0 Å². The number of hydrogen-bond acceptors (Lipinski definition) is 2. The van der Waals surface area contributed by atoms with Gasteiger partial charge in [0, 0.05) is 12.6 Å². The molecule has 2 aliphatic heterocycles. The third-order valence-corrected chi connectivity index (χ3v) is 4.57. The molecule has 2 amide bonds. The Morgan fingerprint density at radius 2 is 1.71 bits per heavy atom. The Hall–Kier alpha value is -1.06. The number of nitrogens with zero attached hydrogens (tertiary/aromatic N) is 2. The van der Waals surface area contributed by atoms with Crippen LogP contribution in [0.2, 0.25) is 0 Å². The molecule has 0 bridgehead atoms. The van der Waals surface area contributed by atoms with Gasteiger partial charge >= 0.3 is 0 Å². The number of carbonyl (C=O) groups excluding carboxylic acids is 2. The Morgan fingerprint density at radius 3 is 2.41 bits per heavy atom. The van der Waals surface area contributed by atoms with Crippen LogP contribution < -0.4 is 0 Å². The first-order valence-corrected chi connectivity index (χ1v) is 6.83. The molecule has 3 aliphatic rings. The van der Waals surface area contributed by atoms with Crippen molar-refractivity contribution in [1.29, 1.82) is 0 Å². The highest BCUT2D eigenvalue weighted by Gasteiger charge is 2.48. The summed E-state index contributed by atoms with van der Waals surface area (Å²) in [4.78, 5) is 28.4. The molecule has 3 rings (SSSR count). The van der Waals surface area contributed by atoms with Gasteiger partial charge in [-0.1, -0.05) is 12.8 Å². The summed E-state index contributed by atoms with van der Waals surface area (Å²) in [7, 11) is 0. The molecule has 1 saturated carbocycles. The molecule has 2 saturated heterocycles. The van der Waals surface area contributed by atoms with Gasteiger partial charge in [-0.3, -0.25) is 9.59 Å². The molecule has 0 aromatic rings. The van der Waals surface area contributed by atoms with Crippen molar-refractivity contribution in [3.8, 4) is 0 Å². The van der Waals surface area contributed by atoms with Crippen LogP contribution in [0.1, 0.15) is 45.4 Å². The Balaban J connectivity index is 1.87. The normalized spacial score (nSPS) is 34.6. The van der Waals surface area contributed by atoms with Crippen molar-refractivity contribution in [3.05, 3.63) is 0 Å². The van der Waals surface area contributed by atoms with E-state index in [-0.39, 0.29) is 23.9 Å². The zero-order chi connectivity index (χ0) is 12.0. The summed E-state index contributed by atoms with van der Waals surface area (Å²) in [6.07, 6.45) is 6.40. The first-order chi connectivity index (χ1) is 8.20. The maximum atomic E-state index is 12.5. The number of fused-ring (bicyclic) bond motifs is 1. The minimum Gasteiger partial charge on any atom is -0.329 e. The fraction of sp³-hybridized carbons (Fsp3) is 0.846. The molecule has 2 unspecified atom stereocenters. The van der Waals surface area contributed by atoms with Gasteiger partial charge in [0.15, 0.2) is 0 Å². The molecule has 17 heavy (non-hydrogen) atoms. The van der Waals surface area contributed by atoms with Gasteiger partial charge in [-0.2, -0.15) is 0 Å². The molecule has 0 aromatic heterocycles. The zero-order valence-electron chi connectivity index (χ0n) is 10.4. The third kappa shape index (κ3) is 1.57. The second-order valence-corrected chi connectivity index (χ2v) is 5.55. The van der Waals surface area contributed by atoms with E-state index in [1.807, 2.05) is 11.8 Å². The van der Waals surface area contributed by atoms with Crippen LogP contribution >= 0.6 is 0 Å². The van der Waals surface area contributed by atoms with Crippen molar-refractivity contribution < 1.29 is 9.59 Å². The van der Waals surface area contributed by atoms with Crippen LogP contribution in [0.15, 0.2) is 0 Å². The van der Waals surface area contributed by atoms with E-state index < -0.39 is 0 Å². The summed E-state index contributed by atoms with van der Waals surface area (Å²) in [5.41, 5.74) is 0. The molecule has 94 valence electrons. The number of rotatable bonds is 1. The van der Waals surface area contributed by atoms with E-state index in [0.29, 0.717) is 6.04 Å². The van der Waals surface area contributed by atoms with Crippen molar-refractivity contribution in [1.82, 2.24) is 9.80 Å². The second-order valence-electron chi connectivity index (χ2n) is 5.55.